The number of rotatable bonds is 7. The van der Waals surface area contributed by atoms with E-state index in [4.69, 9.17) is 9.84 Å². The number of methoxy groups -OCH3 is 1. The number of nitrogens with one attached hydrogen (secondary N) is 1. The Morgan fingerprint density at radius 1 is 1.06 bits per heavy atom. The van der Waals surface area contributed by atoms with Crippen molar-refractivity contribution in [1.82, 2.24) is 14.8 Å². The van der Waals surface area contributed by atoms with E-state index in [1.54, 1.807) is 35.9 Å². The number of ether oxygens (including phenoxy) is 1. The zero-order valence-electron chi connectivity index (χ0n) is 17.3. The lowest BCUT2D eigenvalue weighted by Crippen LogP contribution is -2.12. The second-order valence-electron chi connectivity index (χ2n) is 6.85. The summed E-state index contributed by atoms with van der Waals surface area (Å²) in [6, 6.07) is 21.3. The van der Waals surface area contributed by atoms with Gasteiger partial charge < -0.3 is 10.1 Å². The summed E-state index contributed by atoms with van der Waals surface area (Å²) in [5, 5.41) is 8.54. The van der Waals surface area contributed by atoms with Crippen molar-refractivity contribution < 1.29 is 9.53 Å². The molecule has 4 aromatic rings. The number of aromatic nitrogens is 3. The van der Waals surface area contributed by atoms with Gasteiger partial charge in [-0.15, -0.1) is 11.8 Å². The first-order valence-corrected chi connectivity index (χ1v) is 11.0. The number of pyridine rings is 1. The minimum atomic E-state index is -0.233. The molecule has 0 atom stereocenters. The van der Waals surface area contributed by atoms with E-state index in [1.165, 1.54) is 0 Å². The van der Waals surface area contributed by atoms with E-state index in [0.29, 0.717) is 23.5 Å². The summed E-state index contributed by atoms with van der Waals surface area (Å²) in [5.74, 6) is 0.516. The molecule has 0 saturated heterocycles. The van der Waals surface area contributed by atoms with Crippen molar-refractivity contribution in [2.75, 3.05) is 18.7 Å². The predicted octanol–water partition coefficient (Wildman–Crippen LogP) is 4.98. The summed E-state index contributed by atoms with van der Waals surface area (Å²) >= 11 is 1.55. The van der Waals surface area contributed by atoms with Crippen LogP contribution >= 0.6 is 11.8 Å². The van der Waals surface area contributed by atoms with Gasteiger partial charge in [0.15, 0.2) is 0 Å². The molecule has 0 aliphatic heterocycles. The number of amides is 1. The van der Waals surface area contributed by atoms with E-state index in [2.05, 4.69) is 10.3 Å². The summed E-state index contributed by atoms with van der Waals surface area (Å²) in [6.45, 7) is 0.571. The summed E-state index contributed by atoms with van der Waals surface area (Å²) in [6.07, 6.45) is 5.40. The van der Waals surface area contributed by atoms with Gasteiger partial charge in [0.2, 0.25) is 0 Å². The van der Waals surface area contributed by atoms with Crippen molar-refractivity contribution >= 4 is 23.4 Å². The third-order valence-electron chi connectivity index (χ3n) is 4.76. The molecule has 0 bridgehead atoms. The van der Waals surface area contributed by atoms with Crippen molar-refractivity contribution in [3.05, 3.63) is 90.3 Å². The van der Waals surface area contributed by atoms with E-state index >= 15 is 0 Å². The summed E-state index contributed by atoms with van der Waals surface area (Å²) in [5.41, 5.74) is 3.70. The lowest BCUT2D eigenvalue weighted by Gasteiger charge is -2.06. The lowest BCUT2D eigenvalue weighted by atomic mass is 10.1. The van der Waals surface area contributed by atoms with E-state index in [-0.39, 0.29) is 5.91 Å². The Hall–Kier alpha value is -3.58. The molecule has 0 aliphatic carbocycles. The molecule has 7 heteroatoms. The van der Waals surface area contributed by atoms with Crippen LogP contribution in [0.4, 0.5) is 5.69 Å². The summed E-state index contributed by atoms with van der Waals surface area (Å²) < 4.78 is 7.04. The molecule has 1 amide bonds. The Bertz CT molecular complexity index is 1160. The average molecular weight is 431 g/mol. The van der Waals surface area contributed by atoms with E-state index in [0.717, 1.165) is 21.9 Å². The second kappa shape index (κ2) is 9.49. The van der Waals surface area contributed by atoms with Gasteiger partial charge >= 0.3 is 0 Å². The fraction of sp³-hybridized carbons (Fsp3) is 0.125. The number of thioether (sulfide) groups is 1. The number of hydrogen-bond donors (Lipinski definition) is 1. The fourth-order valence-corrected chi connectivity index (χ4v) is 3.54. The standard InChI is InChI=1S/C24H22N4O2S/c1-30-20-11-8-18(9-12-20)23-21(16-28(27-23)15-17-6-4-3-5-7-17)24(29)26-19-10-13-22(31-2)25-14-19/h3-14,16H,15H2,1-2H3,(H,26,29). The van der Waals surface area contributed by atoms with Gasteiger partial charge in [-0.3, -0.25) is 9.48 Å². The molecule has 4 rings (SSSR count). The highest BCUT2D eigenvalue weighted by molar-refractivity contribution is 7.98. The monoisotopic (exact) mass is 430 g/mol. The molecule has 31 heavy (non-hydrogen) atoms. The number of anilines is 1. The SMILES string of the molecule is COc1ccc(-c2nn(Cc3ccccc3)cc2C(=O)Nc2ccc(SC)nc2)cc1. The van der Waals surface area contributed by atoms with Crippen LogP contribution in [0.5, 0.6) is 5.75 Å². The van der Waals surface area contributed by atoms with Crippen LogP contribution in [0.2, 0.25) is 0 Å². The molecule has 156 valence electrons. The van der Waals surface area contributed by atoms with Gasteiger partial charge in [0.25, 0.3) is 5.91 Å². The normalized spacial score (nSPS) is 10.6. The summed E-state index contributed by atoms with van der Waals surface area (Å²) in [7, 11) is 1.62. The third-order valence-corrected chi connectivity index (χ3v) is 5.42. The van der Waals surface area contributed by atoms with E-state index in [9.17, 15) is 4.79 Å². The third kappa shape index (κ3) is 4.95. The zero-order chi connectivity index (χ0) is 21.6. The van der Waals surface area contributed by atoms with E-state index in [1.807, 2.05) is 73.0 Å². The Kier molecular flexibility index (Phi) is 6.33. The molecular weight excluding hydrogens is 408 g/mol. The van der Waals surface area contributed by atoms with Crippen molar-refractivity contribution in [2.45, 2.75) is 11.6 Å². The van der Waals surface area contributed by atoms with Crippen LogP contribution in [-0.2, 0) is 6.54 Å². The Morgan fingerprint density at radius 2 is 1.84 bits per heavy atom. The van der Waals surface area contributed by atoms with Crippen LogP contribution in [0, 0.1) is 0 Å². The molecular formula is C24H22N4O2S. The van der Waals surface area contributed by atoms with Gasteiger partial charge in [-0.2, -0.15) is 5.10 Å². The Balaban J connectivity index is 1.66. The topological polar surface area (TPSA) is 69.0 Å². The molecule has 0 spiro atoms. The maximum absolute atomic E-state index is 13.1. The molecule has 0 fully saturated rings. The van der Waals surface area contributed by atoms with Gasteiger partial charge in [0, 0.05) is 11.8 Å². The minimum absolute atomic E-state index is 0.233. The largest absolute Gasteiger partial charge is 0.497 e. The number of benzene rings is 2. The molecule has 0 radical (unpaired) electrons. The maximum Gasteiger partial charge on any atom is 0.259 e. The van der Waals surface area contributed by atoms with Crippen molar-refractivity contribution in [1.29, 1.82) is 0 Å². The Morgan fingerprint density at radius 3 is 2.48 bits per heavy atom. The number of hydrogen-bond acceptors (Lipinski definition) is 5. The molecule has 0 unspecified atom stereocenters. The maximum atomic E-state index is 13.1. The van der Waals surface area contributed by atoms with Gasteiger partial charge in [0.05, 0.1) is 36.1 Å². The van der Waals surface area contributed by atoms with Gasteiger partial charge in [-0.05, 0) is 48.2 Å². The molecule has 2 aromatic heterocycles. The van der Waals surface area contributed by atoms with Crippen LogP contribution in [0.3, 0.4) is 0 Å². The zero-order valence-corrected chi connectivity index (χ0v) is 18.1. The number of nitrogens with zero attached hydrogens (tertiary/aromatic N) is 3. The van der Waals surface area contributed by atoms with Crippen LogP contribution in [0.15, 0.2) is 84.1 Å². The highest BCUT2D eigenvalue weighted by Gasteiger charge is 2.19. The molecule has 1 N–H and O–H groups in total. The highest BCUT2D eigenvalue weighted by atomic mass is 32.2. The highest BCUT2D eigenvalue weighted by Crippen LogP contribution is 2.26. The predicted molar refractivity (Wildman–Crippen MR) is 124 cm³/mol. The van der Waals surface area contributed by atoms with Crippen LogP contribution in [-0.4, -0.2) is 34.0 Å². The van der Waals surface area contributed by atoms with Crippen LogP contribution < -0.4 is 10.1 Å². The smallest absolute Gasteiger partial charge is 0.259 e. The second-order valence-corrected chi connectivity index (χ2v) is 7.67. The fourth-order valence-electron chi connectivity index (χ4n) is 3.17. The number of carbonyl (C=O) groups is 1. The van der Waals surface area contributed by atoms with Crippen LogP contribution in [0.25, 0.3) is 11.3 Å². The molecule has 0 aliphatic rings. The summed E-state index contributed by atoms with van der Waals surface area (Å²) in [4.78, 5) is 17.4. The van der Waals surface area contributed by atoms with Gasteiger partial charge in [-0.25, -0.2) is 4.98 Å². The molecule has 2 aromatic carbocycles. The van der Waals surface area contributed by atoms with Crippen molar-refractivity contribution in [2.24, 2.45) is 0 Å². The lowest BCUT2D eigenvalue weighted by molar-refractivity contribution is 0.102. The van der Waals surface area contributed by atoms with Crippen LogP contribution in [0.1, 0.15) is 15.9 Å². The Labute approximate surface area is 185 Å². The number of carbonyl (C=O) groups excluding carboxylic acids is 1. The average Bonchev–Trinajstić information content (AvgIpc) is 3.24. The van der Waals surface area contributed by atoms with E-state index < -0.39 is 0 Å². The molecule has 6 nitrogen and oxygen atoms in total. The van der Waals surface area contributed by atoms with Gasteiger partial charge in [0.1, 0.15) is 11.4 Å². The van der Waals surface area contributed by atoms with Crippen molar-refractivity contribution in [3.8, 4) is 17.0 Å². The molecule has 0 saturated carbocycles. The molecule has 2 heterocycles. The van der Waals surface area contributed by atoms with Gasteiger partial charge in [-0.1, -0.05) is 30.3 Å². The first kappa shape index (κ1) is 20.7. The first-order chi connectivity index (χ1) is 15.2. The first-order valence-electron chi connectivity index (χ1n) is 9.73. The van der Waals surface area contributed by atoms with Crippen molar-refractivity contribution in [3.63, 3.8) is 0 Å². The quantitative estimate of drug-likeness (QED) is 0.419. The minimum Gasteiger partial charge on any atom is -0.497 e.